The highest BCUT2D eigenvalue weighted by Crippen LogP contribution is 2.28. The van der Waals surface area contributed by atoms with E-state index in [1.807, 2.05) is 18.4 Å². The van der Waals surface area contributed by atoms with Crippen LogP contribution in [0, 0.1) is 10.1 Å². The standard InChI is InChI=1S/C17H16N4O4S/c1-11(2)20-16(15-7-4-8-25-15)18-19-17(20)26-10-14(22)12-5-3-6-13(9-12)21(23)24/h3-9,11H,10H2,1-2H3. The minimum atomic E-state index is -0.519. The number of hydrogen-bond donors (Lipinski definition) is 0. The summed E-state index contributed by atoms with van der Waals surface area (Å²) in [6, 6.07) is 9.34. The van der Waals surface area contributed by atoms with Crippen LogP contribution in [0.3, 0.4) is 0 Å². The first kappa shape index (κ1) is 17.9. The van der Waals surface area contributed by atoms with Crippen LogP contribution in [0.2, 0.25) is 0 Å². The van der Waals surface area contributed by atoms with Gasteiger partial charge >= 0.3 is 0 Å². The average molecular weight is 372 g/mol. The number of ketones is 1. The molecule has 0 spiro atoms. The molecule has 26 heavy (non-hydrogen) atoms. The Bertz CT molecular complexity index is 934. The van der Waals surface area contributed by atoms with Gasteiger partial charge in [-0.25, -0.2) is 0 Å². The van der Waals surface area contributed by atoms with Gasteiger partial charge < -0.3 is 4.42 Å². The summed E-state index contributed by atoms with van der Waals surface area (Å²) in [5.41, 5.74) is 0.194. The van der Waals surface area contributed by atoms with Crippen molar-refractivity contribution in [2.45, 2.75) is 25.0 Å². The second-order valence-corrected chi connectivity index (χ2v) is 6.71. The molecule has 0 N–H and O–H groups in total. The van der Waals surface area contributed by atoms with Gasteiger partial charge in [0, 0.05) is 23.7 Å². The van der Waals surface area contributed by atoms with Gasteiger partial charge in [-0.05, 0) is 26.0 Å². The van der Waals surface area contributed by atoms with E-state index >= 15 is 0 Å². The first-order chi connectivity index (χ1) is 12.5. The van der Waals surface area contributed by atoms with Crippen molar-refractivity contribution in [1.82, 2.24) is 14.8 Å². The van der Waals surface area contributed by atoms with E-state index < -0.39 is 4.92 Å². The van der Waals surface area contributed by atoms with E-state index in [4.69, 9.17) is 4.42 Å². The minimum Gasteiger partial charge on any atom is -0.461 e. The Hall–Kier alpha value is -2.94. The second-order valence-electron chi connectivity index (χ2n) is 5.77. The van der Waals surface area contributed by atoms with Gasteiger partial charge in [-0.2, -0.15) is 0 Å². The number of carbonyl (C=O) groups is 1. The van der Waals surface area contributed by atoms with Crippen molar-refractivity contribution in [3.8, 4) is 11.6 Å². The lowest BCUT2D eigenvalue weighted by Gasteiger charge is -2.12. The molecular formula is C17H16N4O4S. The lowest BCUT2D eigenvalue weighted by Crippen LogP contribution is -2.07. The SMILES string of the molecule is CC(C)n1c(SCC(=O)c2cccc([N+](=O)[O-])c2)nnc1-c1ccco1. The maximum Gasteiger partial charge on any atom is 0.270 e. The Balaban J connectivity index is 1.79. The van der Waals surface area contributed by atoms with Crippen LogP contribution in [0.5, 0.6) is 0 Å². The van der Waals surface area contributed by atoms with E-state index in [0.717, 1.165) is 0 Å². The average Bonchev–Trinajstić information content (AvgIpc) is 3.28. The molecule has 0 aliphatic heterocycles. The summed E-state index contributed by atoms with van der Waals surface area (Å²) in [6.45, 7) is 3.98. The smallest absolute Gasteiger partial charge is 0.270 e. The number of furan rings is 1. The summed E-state index contributed by atoms with van der Waals surface area (Å²) >= 11 is 1.24. The van der Waals surface area contributed by atoms with Gasteiger partial charge in [0.25, 0.3) is 5.69 Å². The summed E-state index contributed by atoms with van der Waals surface area (Å²) in [5.74, 6) is 1.08. The van der Waals surface area contributed by atoms with Crippen LogP contribution >= 0.6 is 11.8 Å². The summed E-state index contributed by atoms with van der Waals surface area (Å²) in [7, 11) is 0. The Morgan fingerprint density at radius 1 is 1.31 bits per heavy atom. The van der Waals surface area contributed by atoms with E-state index in [-0.39, 0.29) is 23.3 Å². The minimum absolute atomic E-state index is 0.0699. The highest BCUT2D eigenvalue weighted by molar-refractivity contribution is 7.99. The number of benzene rings is 1. The first-order valence-corrected chi connectivity index (χ1v) is 8.85. The fourth-order valence-electron chi connectivity index (χ4n) is 2.42. The molecule has 2 heterocycles. The molecule has 3 aromatic rings. The van der Waals surface area contributed by atoms with Crippen molar-refractivity contribution in [2.24, 2.45) is 0 Å². The normalized spacial score (nSPS) is 11.0. The van der Waals surface area contributed by atoms with Crippen molar-refractivity contribution in [1.29, 1.82) is 0 Å². The molecule has 0 radical (unpaired) electrons. The molecule has 0 amide bonds. The third-order valence-corrected chi connectivity index (χ3v) is 4.58. The number of carbonyl (C=O) groups excluding carboxylic acids is 1. The lowest BCUT2D eigenvalue weighted by atomic mass is 10.1. The van der Waals surface area contributed by atoms with Gasteiger partial charge in [-0.3, -0.25) is 19.5 Å². The first-order valence-electron chi connectivity index (χ1n) is 7.86. The van der Waals surface area contributed by atoms with Gasteiger partial charge in [-0.1, -0.05) is 23.9 Å². The van der Waals surface area contributed by atoms with Gasteiger partial charge in [0.2, 0.25) is 5.82 Å². The number of aromatic nitrogens is 3. The maximum atomic E-state index is 12.4. The number of hydrogen-bond acceptors (Lipinski definition) is 7. The van der Waals surface area contributed by atoms with Crippen LogP contribution in [0.4, 0.5) is 5.69 Å². The van der Waals surface area contributed by atoms with Crippen molar-refractivity contribution >= 4 is 23.2 Å². The number of rotatable bonds is 7. The molecule has 2 aromatic heterocycles. The molecule has 0 fully saturated rings. The van der Waals surface area contributed by atoms with Crippen LogP contribution < -0.4 is 0 Å². The molecular weight excluding hydrogens is 356 g/mol. The summed E-state index contributed by atoms with van der Waals surface area (Å²) in [6.07, 6.45) is 1.56. The summed E-state index contributed by atoms with van der Waals surface area (Å²) in [4.78, 5) is 22.7. The summed E-state index contributed by atoms with van der Waals surface area (Å²) in [5, 5.41) is 19.8. The molecule has 0 aliphatic rings. The molecule has 134 valence electrons. The molecule has 0 saturated carbocycles. The quantitative estimate of drug-likeness (QED) is 0.267. The van der Waals surface area contributed by atoms with E-state index in [1.165, 1.54) is 30.0 Å². The zero-order valence-corrected chi connectivity index (χ0v) is 15.0. The molecule has 9 heteroatoms. The van der Waals surface area contributed by atoms with E-state index in [1.54, 1.807) is 24.5 Å². The zero-order chi connectivity index (χ0) is 18.7. The van der Waals surface area contributed by atoms with Crippen LogP contribution in [-0.2, 0) is 0 Å². The predicted molar refractivity (Wildman–Crippen MR) is 96.3 cm³/mol. The predicted octanol–water partition coefficient (Wildman–Crippen LogP) is 4.00. The monoisotopic (exact) mass is 372 g/mol. The number of Topliss-reactive ketones (excluding diaryl/α,β-unsaturated/α-hetero) is 1. The Kier molecular flexibility index (Phi) is 5.17. The number of nitrogens with zero attached hydrogens (tertiary/aromatic N) is 4. The van der Waals surface area contributed by atoms with Crippen LogP contribution in [-0.4, -0.2) is 31.2 Å². The number of nitro benzene ring substituents is 1. The largest absolute Gasteiger partial charge is 0.461 e. The topological polar surface area (TPSA) is 104 Å². The fourth-order valence-corrected chi connectivity index (χ4v) is 3.38. The number of nitro groups is 1. The fraction of sp³-hybridized carbons (Fsp3) is 0.235. The van der Waals surface area contributed by atoms with Crippen molar-refractivity contribution in [3.05, 3.63) is 58.3 Å². The highest BCUT2D eigenvalue weighted by Gasteiger charge is 2.20. The Morgan fingerprint density at radius 2 is 2.12 bits per heavy atom. The van der Waals surface area contributed by atoms with Crippen LogP contribution in [0.1, 0.15) is 30.2 Å². The Morgan fingerprint density at radius 3 is 2.77 bits per heavy atom. The molecule has 8 nitrogen and oxygen atoms in total. The maximum absolute atomic E-state index is 12.4. The second kappa shape index (κ2) is 7.52. The molecule has 0 atom stereocenters. The van der Waals surface area contributed by atoms with E-state index in [9.17, 15) is 14.9 Å². The zero-order valence-electron chi connectivity index (χ0n) is 14.2. The molecule has 0 unspecified atom stereocenters. The van der Waals surface area contributed by atoms with Gasteiger partial charge in [0.15, 0.2) is 16.7 Å². The van der Waals surface area contributed by atoms with Gasteiger partial charge in [-0.15, -0.1) is 10.2 Å². The molecule has 1 aromatic carbocycles. The van der Waals surface area contributed by atoms with E-state index in [0.29, 0.717) is 22.3 Å². The summed E-state index contributed by atoms with van der Waals surface area (Å²) < 4.78 is 7.28. The molecule has 0 bridgehead atoms. The Labute approximate surface area is 153 Å². The third kappa shape index (κ3) is 3.67. The van der Waals surface area contributed by atoms with Gasteiger partial charge in [0.1, 0.15) is 0 Å². The third-order valence-electron chi connectivity index (χ3n) is 3.63. The molecule has 0 saturated heterocycles. The van der Waals surface area contributed by atoms with E-state index in [2.05, 4.69) is 10.2 Å². The number of non-ortho nitro benzene ring substituents is 1. The lowest BCUT2D eigenvalue weighted by molar-refractivity contribution is -0.384. The van der Waals surface area contributed by atoms with Crippen LogP contribution in [0.25, 0.3) is 11.6 Å². The van der Waals surface area contributed by atoms with Crippen molar-refractivity contribution in [2.75, 3.05) is 5.75 Å². The van der Waals surface area contributed by atoms with Gasteiger partial charge in [0.05, 0.1) is 16.9 Å². The molecule has 3 rings (SSSR count). The van der Waals surface area contributed by atoms with Crippen LogP contribution in [0.15, 0.2) is 52.2 Å². The molecule has 0 aliphatic carbocycles. The number of thioether (sulfide) groups is 1. The van der Waals surface area contributed by atoms with Crippen molar-refractivity contribution < 1.29 is 14.1 Å². The highest BCUT2D eigenvalue weighted by atomic mass is 32.2. The van der Waals surface area contributed by atoms with Crippen molar-refractivity contribution in [3.63, 3.8) is 0 Å².